The molecular formula is C28H32F4N4O2. The monoisotopic (exact) mass is 532 g/mol. The van der Waals surface area contributed by atoms with Crippen molar-refractivity contribution in [3.8, 4) is 5.69 Å². The number of alkyl halides is 3. The Hall–Kier alpha value is -3.37. The van der Waals surface area contributed by atoms with Gasteiger partial charge in [-0.05, 0) is 72.9 Å². The van der Waals surface area contributed by atoms with E-state index in [0.717, 1.165) is 49.2 Å². The van der Waals surface area contributed by atoms with Crippen molar-refractivity contribution in [1.29, 1.82) is 0 Å². The third-order valence-electron chi connectivity index (χ3n) is 6.73. The molecule has 3 aromatic rings. The Morgan fingerprint density at radius 1 is 1.00 bits per heavy atom. The second-order valence-electron chi connectivity index (χ2n) is 9.60. The Kier molecular flexibility index (Phi) is 9.06. The zero-order valence-electron chi connectivity index (χ0n) is 21.0. The fourth-order valence-corrected chi connectivity index (χ4v) is 4.60. The van der Waals surface area contributed by atoms with Gasteiger partial charge in [0.15, 0.2) is 0 Å². The first-order valence-corrected chi connectivity index (χ1v) is 12.7. The van der Waals surface area contributed by atoms with E-state index in [0.29, 0.717) is 31.7 Å². The van der Waals surface area contributed by atoms with Crippen LogP contribution in [0.3, 0.4) is 0 Å². The largest absolute Gasteiger partial charge is 0.416 e. The predicted molar refractivity (Wildman–Crippen MR) is 136 cm³/mol. The smallest absolute Gasteiger partial charge is 0.396 e. The van der Waals surface area contributed by atoms with Crippen LogP contribution in [0.5, 0.6) is 0 Å². The third-order valence-corrected chi connectivity index (χ3v) is 6.73. The van der Waals surface area contributed by atoms with Gasteiger partial charge in [-0.1, -0.05) is 12.1 Å². The number of urea groups is 1. The van der Waals surface area contributed by atoms with Gasteiger partial charge in [0.2, 0.25) is 0 Å². The third kappa shape index (κ3) is 7.58. The molecule has 1 aliphatic rings. The molecule has 0 unspecified atom stereocenters. The average Bonchev–Trinajstić information content (AvgIpc) is 3.37. The Labute approximate surface area is 219 Å². The minimum atomic E-state index is -4.35. The fraction of sp³-hybridized carbons (Fsp3) is 0.393. The van der Waals surface area contributed by atoms with Crippen molar-refractivity contribution in [3.63, 3.8) is 0 Å². The summed E-state index contributed by atoms with van der Waals surface area (Å²) in [5.41, 5.74) is 1.87. The van der Waals surface area contributed by atoms with Gasteiger partial charge in [0.1, 0.15) is 5.82 Å². The van der Waals surface area contributed by atoms with Crippen molar-refractivity contribution in [1.82, 2.24) is 19.7 Å². The number of carbonyl (C=O) groups excluding carboxylic acids is 1. The molecule has 2 amide bonds. The van der Waals surface area contributed by atoms with Gasteiger partial charge in [0, 0.05) is 63.5 Å². The molecule has 0 bridgehead atoms. The van der Waals surface area contributed by atoms with Crippen LogP contribution in [0, 0.1) is 5.82 Å². The highest BCUT2D eigenvalue weighted by Gasteiger charge is 2.30. The molecule has 0 spiro atoms. The van der Waals surface area contributed by atoms with E-state index in [9.17, 15) is 27.5 Å². The lowest BCUT2D eigenvalue weighted by molar-refractivity contribution is -0.137. The first-order chi connectivity index (χ1) is 18.2. The molecule has 2 heterocycles. The lowest BCUT2D eigenvalue weighted by atomic mass is 10.0. The van der Waals surface area contributed by atoms with Crippen LogP contribution < -0.4 is 5.32 Å². The molecule has 1 aliphatic heterocycles. The van der Waals surface area contributed by atoms with E-state index in [2.05, 4.69) is 10.2 Å². The summed E-state index contributed by atoms with van der Waals surface area (Å²) in [7, 11) is 0. The molecule has 38 heavy (non-hydrogen) atoms. The number of carbonyl (C=O) groups is 1. The number of likely N-dealkylation sites (tertiary alicyclic amines) is 1. The van der Waals surface area contributed by atoms with Crippen LogP contribution in [-0.2, 0) is 19.3 Å². The molecule has 1 aromatic heterocycles. The molecule has 10 heteroatoms. The number of benzene rings is 2. The average molecular weight is 533 g/mol. The molecule has 6 nitrogen and oxygen atoms in total. The van der Waals surface area contributed by atoms with Gasteiger partial charge in [0.25, 0.3) is 0 Å². The van der Waals surface area contributed by atoms with Crippen LogP contribution in [0.4, 0.5) is 22.4 Å². The summed E-state index contributed by atoms with van der Waals surface area (Å²) in [5, 5.41) is 12.3. The maximum Gasteiger partial charge on any atom is 0.416 e. The summed E-state index contributed by atoms with van der Waals surface area (Å²) >= 11 is 0. The highest BCUT2D eigenvalue weighted by molar-refractivity contribution is 5.74. The van der Waals surface area contributed by atoms with Gasteiger partial charge in [-0.15, -0.1) is 0 Å². The maximum atomic E-state index is 13.2. The van der Waals surface area contributed by atoms with E-state index in [1.807, 2.05) is 23.0 Å². The Morgan fingerprint density at radius 3 is 2.32 bits per heavy atom. The summed E-state index contributed by atoms with van der Waals surface area (Å²) < 4.78 is 53.5. The van der Waals surface area contributed by atoms with E-state index < -0.39 is 11.7 Å². The van der Waals surface area contributed by atoms with Gasteiger partial charge < -0.3 is 19.9 Å². The van der Waals surface area contributed by atoms with Crippen LogP contribution >= 0.6 is 0 Å². The number of aromatic nitrogens is 1. The van der Waals surface area contributed by atoms with Crippen molar-refractivity contribution >= 4 is 6.03 Å². The topological polar surface area (TPSA) is 60.7 Å². The van der Waals surface area contributed by atoms with E-state index in [1.165, 1.54) is 24.3 Å². The summed E-state index contributed by atoms with van der Waals surface area (Å²) in [6, 6.07) is 12.9. The number of hydrogen-bond donors (Lipinski definition) is 2. The number of aliphatic hydroxyl groups excluding tert-OH is 1. The second-order valence-corrected chi connectivity index (χ2v) is 9.60. The second kappa shape index (κ2) is 12.4. The summed E-state index contributed by atoms with van der Waals surface area (Å²) in [5.74, 6) is -0.331. The molecule has 0 aliphatic carbocycles. The lowest BCUT2D eigenvalue weighted by Gasteiger charge is -2.33. The van der Waals surface area contributed by atoms with Crippen molar-refractivity contribution in [2.45, 2.75) is 44.6 Å². The zero-order chi connectivity index (χ0) is 27.1. The molecule has 0 atom stereocenters. The first-order valence-electron chi connectivity index (χ1n) is 12.7. The zero-order valence-corrected chi connectivity index (χ0v) is 21.0. The normalized spacial score (nSPS) is 15.0. The van der Waals surface area contributed by atoms with Gasteiger partial charge in [-0.3, -0.25) is 4.90 Å². The van der Waals surface area contributed by atoms with Gasteiger partial charge in [-0.2, -0.15) is 13.2 Å². The fourth-order valence-electron chi connectivity index (χ4n) is 4.60. The number of aliphatic hydroxyl groups is 1. The van der Waals surface area contributed by atoms with Gasteiger partial charge in [-0.25, -0.2) is 9.18 Å². The number of piperidine rings is 1. The predicted octanol–water partition coefficient (Wildman–Crippen LogP) is 5.19. The maximum absolute atomic E-state index is 13.2. The molecule has 2 aromatic carbocycles. The van der Waals surface area contributed by atoms with E-state index in [1.54, 1.807) is 17.0 Å². The van der Waals surface area contributed by atoms with E-state index in [4.69, 9.17) is 0 Å². The number of hydrogen-bond acceptors (Lipinski definition) is 3. The van der Waals surface area contributed by atoms with Crippen LogP contribution in [0.15, 0.2) is 67.0 Å². The van der Waals surface area contributed by atoms with E-state index >= 15 is 0 Å². The lowest BCUT2D eigenvalue weighted by Crippen LogP contribution is -2.49. The summed E-state index contributed by atoms with van der Waals surface area (Å²) in [6.07, 6.45) is 1.44. The van der Waals surface area contributed by atoms with Crippen LogP contribution in [0.1, 0.15) is 36.0 Å². The molecule has 204 valence electrons. The quantitative estimate of drug-likeness (QED) is 0.373. The Morgan fingerprint density at radius 2 is 1.68 bits per heavy atom. The van der Waals surface area contributed by atoms with E-state index in [-0.39, 0.29) is 24.5 Å². The van der Waals surface area contributed by atoms with Crippen molar-refractivity contribution in [2.75, 3.05) is 26.2 Å². The number of rotatable bonds is 9. The molecule has 1 saturated heterocycles. The Bertz CT molecular complexity index is 1170. The van der Waals surface area contributed by atoms with Crippen LogP contribution in [-0.4, -0.2) is 57.8 Å². The first kappa shape index (κ1) is 27.7. The molecule has 2 N–H and O–H groups in total. The van der Waals surface area contributed by atoms with Crippen molar-refractivity contribution in [3.05, 3.63) is 89.5 Å². The molecular weight excluding hydrogens is 500 g/mol. The van der Waals surface area contributed by atoms with Crippen molar-refractivity contribution in [2.24, 2.45) is 0 Å². The highest BCUT2D eigenvalue weighted by atomic mass is 19.4. The highest BCUT2D eigenvalue weighted by Crippen LogP contribution is 2.29. The number of halogens is 4. The molecule has 0 radical (unpaired) electrons. The number of nitrogens with zero attached hydrogens (tertiary/aromatic N) is 3. The molecule has 4 rings (SSSR count). The SMILES string of the molecule is O=C(NC1CCN(Cc2ccn(-c3ccc(C(F)(F)F)cc3)c2)CC1)N(CCCO)Cc1ccc(F)cc1. The number of amides is 2. The summed E-state index contributed by atoms with van der Waals surface area (Å²) in [6.45, 7) is 3.01. The summed E-state index contributed by atoms with van der Waals surface area (Å²) in [4.78, 5) is 16.9. The van der Waals surface area contributed by atoms with Crippen LogP contribution in [0.25, 0.3) is 5.69 Å². The number of nitrogens with one attached hydrogen (secondary N) is 1. The molecule has 0 saturated carbocycles. The minimum Gasteiger partial charge on any atom is -0.396 e. The Balaban J connectivity index is 1.26. The van der Waals surface area contributed by atoms with Gasteiger partial charge >= 0.3 is 12.2 Å². The standard InChI is InChI=1S/C28H32F4N4O2/c29-24-6-2-21(3-7-24)19-36(13-1-17-37)27(38)33-25-11-14-34(15-12-25)18-22-10-16-35(20-22)26-8-4-23(5-9-26)28(30,31)32/h2-10,16,20,25,37H,1,11-15,17-19H2,(H,33,38). The molecule has 1 fully saturated rings. The van der Waals surface area contributed by atoms with Crippen molar-refractivity contribution < 1.29 is 27.5 Å². The van der Waals surface area contributed by atoms with Gasteiger partial charge in [0.05, 0.1) is 5.56 Å². The van der Waals surface area contributed by atoms with Crippen LogP contribution in [0.2, 0.25) is 0 Å². The minimum absolute atomic E-state index is 0.0216.